The van der Waals surface area contributed by atoms with Gasteiger partial charge in [-0.3, -0.25) is 19.3 Å². The third kappa shape index (κ3) is 3.65. The Hall–Kier alpha value is -3.36. The van der Waals surface area contributed by atoms with Crippen LogP contribution in [0.5, 0.6) is 11.5 Å². The van der Waals surface area contributed by atoms with E-state index in [0.29, 0.717) is 10.0 Å². The molecule has 2 saturated heterocycles. The van der Waals surface area contributed by atoms with Crippen molar-refractivity contribution in [3.8, 4) is 11.5 Å². The summed E-state index contributed by atoms with van der Waals surface area (Å²) < 4.78 is 5.75. The fraction of sp³-hybridized carbons (Fsp3) is 0.200. The van der Waals surface area contributed by atoms with Gasteiger partial charge in [-0.25, -0.2) is 5.06 Å². The van der Waals surface area contributed by atoms with E-state index < -0.39 is 18.1 Å². The number of imide groups is 1. The smallest absolute Gasteiger partial charge is 0.262 e. The molecule has 3 aromatic carbocycles. The lowest BCUT2D eigenvalue weighted by Crippen LogP contribution is -2.36. The van der Waals surface area contributed by atoms with Crippen LogP contribution in [0.15, 0.2) is 77.3 Å². The highest BCUT2D eigenvalue weighted by atomic mass is 79.9. The molecule has 2 amide bonds. The van der Waals surface area contributed by atoms with Crippen LogP contribution in [0.2, 0.25) is 0 Å². The monoisotopic (exact) mass is 508 g/mol. The first-order valence-corrected chi connectivity index (χ1v) is 11.3. The van der Waals surface area contributed by atoms with Crippen LogP contribution in [0.1, 0.15) is 17.2 Å². The highest BCUT2D eigenvalue weighted by molar-refractivity contribution is 9.10. The molecule has 168 valence electrons. The Morgan fingerprint density at radius 1 is 1.00 bits per heavy atom. The maximum Gasteiger partial charge on any atom is 0.262 e. The number of nitrogens with zero attached hydrogens (tertiary/aromatic N) is 2. The van der Waals surface area contributed by atoms with Gasteiger partial charge >= 0.3 is 0 Å². The van der Waals surface area contributed by atoms with Gasteiger partial charge < -0.3 is 9.84 Å². The molecule has 2 aliphatic heterocycles. The number of rotatable bonds is 5. The number of phenolic OH excluding ortho intramolecular Hbond substituents is 1. The van der Waals surface area contributed by atoms with Gasteiger partial charge in [0.2, 0.25) is 5.91 Å². The third-order valence-electron chi connectivity index (χ3n) is 6.01. The van der Waals surface area contributed by atoms with Gasteiger partial charge in [-0.15, -0.1) is 0 Å². The molecule has 0 spiro atoms. The topological polar surface area (TPSA) is 79.3 Å². The lowest BCUT2D eigenvalue weighted by Gasteiger charge is -2.29. The molecular weight excluding hydrogens is 488 g/mol. The first kappa shape index (κ1) is 21.5. The standard InChI is InChI=1S/C25H21BrN2O5/c1-32-19-13-16(12-18(26)22(19)29)21-20-23(33-28(21)17-10-6-3-7-11-17)25(31)27(24(20)30)14-15-8-4-2-5-9-15/h2-13,20-21,23,29H,14H2,1H3/t20-,21-,23-/m1/s1. The molecule has 2 fully saturated rings. The molecule has 2 aliphatic rings. The summed E-state index contributed by atoms with van der Waals surface area (Å²) in [6, 6.07) is 21.5. The fourth-order valence-electron chi connectivity index (χ4n) is 4.45. The number of carbonyl (C=O) groups excluding carboxylic acids is 2. The molecule has 3 atom stereocenters. The van der Waals surface area contributed by atoms with Crippen LogP contribution >= 0.6 is 15.9 Å². The first-order valence-electron chi connectivity index (χ1n) is 10.5. The predicted molar refractivity (Wildman–Crippen MR) is 124 cm³/mol. The van der Waals surface area contributed by atoms with Crippen LogP contribution < -0.4 is 9.80 Å². The second-order valence-electron chi connectivity index (χ2n) is 7.96. The number of methoxy groups -OCH3 is 1. The first-order chi connectivity index (χ1) is 16.0. The Balaban J connectivity index is 1.57. The number of aromatic hydroxyl groups is 1. The molecular formula is C25H21BrN2O5. The van der Waals surface area contributed by atoms with Crippen LogP contribution in [0.3, 0.4) is 0 Å². The van der Waals surface area contributed by atoms with Gasteiger partial charge in [-0.2, -0.15) is 0 Å². The molecule has 8 heteroatoms. The molecule has 5 rings (SSSR count). The number of amides is 2. The second kappa shape index (κ2) is 8.53. The molecule has 1 N–H and O–H groups in total. The zero-order valence-corrected chi connectivity index (χ0v) is 19.3. The van der Waals surface area contributed by atoms with Crippen molar-refractivity contribution in [1.82, 2.24) is 4.90 Å². The number of benzene rings is 3. The quantitative estimate of drug-likeness (QED) is 0.520. The molecule has 0 aliphatic carbocycles. The van der Waals surface area contributed by atoms with E-state index in [4.69, 9.17) is 9.57 Å². The van der Waals surface area contributed by atoms with Crippen molar-refractivity contribution in [2.24, 2.45) is 5.92 Å². The number of hydrogen-bond donors (Lipinski definition) is 1. The minimum Gasteiger partial charge on any atom is -0.503 e. The zero-order valence-electron chi connectivity index (χ0n) is 17.7. The van der Waals surface area contributed by atoms with Crippen LogP contribution in [-0.2, 0) is 21.0 Å². The van der Waals surface area contributed by atoms with E-state index in [0.717, 1.165) is 11.3 Å². The largest absolute Gasteiger partial charge is 0.503 e. The third-order valence-corrected chi connectivity index (χ3v) is 6.62. The van der Waals surface area contributed by atoms with E-state index in [9.17, 15) is 14.7 Å². The van der Waals surface area contributed by atoms with E-state index >= 15 is 0 Å². The number of fused-ring (bicyclic) bond motifs is 1. The van der Waals surface area contributed by atoms with Crippen molar-refractivity contribution in [1.29, 1.82) is 0 Å². The Bertz CT molecular complexity index is 1200. The van der Waals surface area contributed by atoms with Crippen molar-refractivity contribution in [3.63, 3.8) is 0 Å². The summed E-state index contributed by atoms with van der Waals surface area (Å²) in [7, 11) is 1.46. The normalized spacial score (nSPS) is 22.1. The maximum absolute atomic E-state index is 13.6. The van der Waals surface area contributed by atoms with Crippen LogP contribution in [-0.4, -0.2) is 35.0 Å². The predicted octanol–water partition coefficient (Wildman–Crippen LogP) is 4.21. The Kier molecular flexibility index (Phi) is 5.55. The minimum absolute atomic E-state index is 0.0393. The minimum atomic E-state index is -0.940. The maximum atomic E-state index is 13.6. The van der Waals surface area contributed by atoms with Crippen molar-refractivity contribution in [3.05, 3.63) is 88.4 Å². The molecule has 0 saturated carbocycles. The van der Waals surface area contributed by atoms with E-state index in [-0.39, 0.29) is 29.9 Å². The average Bonchev–Trinajstić information content (AvgIpc) is 3.34. The van der Waals surface area contributed by atoms with E-state index in [2.05, 4.69) is 15.9 Å². The second-order valence-corrected chi connectivity index (χ2v) is 8.81. The molecule has 0 aromatic heterocycles. The van der Waals surface area contributed by atoms with E-state index in [1.165, 1.54) is 12.0 Å². The molecule has 3 aromatic rings. The summed E-state index contributed by atoms with van der Waals surface area (Å²) in [5, 5.41) is 11.9. The number of phenols is 1. The van der Waals surface area contributed by atoms with Gasteiger partial charge in [-0.1, -0.05) is 48.5 Å². The van der Waals surface area contributed by atoms with Crippen LogP contribution in [0.4, 0.5) is 5.69 Å². The highest BCUT2D eigenvalue weighted by Crippen LogP contribution is 2.49. The Morgan fingerprint density at radius 2 is 1.67 bits per heavy atom. The van der Waals surface area contributed by atoms with Crippen molar-refractivity contribution >= 4 is 33.4 Å². The van der Waals surface area contributed by atoms with Crippen LogP contribution in [0.25, 0.3) is 0 Å². The van der Waals surface area contributed by atoms with E-state index in [1.807, 2.05) is 60.7 Å². The van der Waals surface area contributed by atoms with Crippen LogP contribution in [0, 0.1) is 5.92 Å². The number of carbonyl (C=O) groups is 2. The summed E-state index contributed by atoms with van der Waals surface area (Å²) in [5.41, 5.74) is 2.26. The van der Waals surface area contributed by atoms with Gasteiger partial charge in [0.25, 0.3) is 5.91 Å². The van der Waals surface area contributed by atoms with Crippen molar-refractivity contribution in [2.45, 2.75) is 18.7 Å². The van der Waals surface area contributed by atoms with Gasteiger partial charge in [0.05, 0.1) is 29.9 Å². The van der Waals surface area contributed by atoms with Gasteiger partial charge in [0.1, 0.15) is 5.92 Å². The van der Waals surface area contributed by atoms with Gasteiger partial charge in [-0.05, 0) is 51.3 Å². The zero-order chi connectivity index (χ0) is 23.1. The molecule has 2 heterocycles. The number of hydroxylamine groups is 1. The number of halogens is 1. The summed E-state index contributed by atoms with van der Waals surface area (Å²) in [6.07, 6.45) is -0.940. The summed E-state index contributed by atoms with van der Waals surface area (Å²) in [4.78, 5) is 34.3. The number of hydrogen-bond acceptors (Lipinski definition) is 6. The fourth-order valence-corrected chi connectivity index (χ4v) is 4.91. The average molecular weight is 509 g/mol. The van der Waals surface area contributed by atoms with Gasteiger partial charge in [0, 0.05) is 0 Å². The summed E-state index contributed by atoms with van der Waals surface area (Å²) in [5.74, 6) is -1.18. The number of anilines is 1. The number of para-hydroxylation sites is 1. The SMILES string of the molecule is COc1cc([C@@H]2[C@H]3C(=O)N(Cc4ccccc4)C(=O)[C@@H]3ON2c2ccccc2)cc(Br)c1O. The molecule has 0 bridgehead atoms. The molecule has 0 unspecified atom stereocenters. The van der Waals surface area contributed by atoms with Gasteiger partial charge in [0.15, 0.2) is 17.6 Å². The summed E-state index contributed by atoms with van der Waals surface area (Å²) in [6.45, 7) is 0.190. The van der Waals surface area contributed by atoms with Crippen molar-refractivity contribution < 1.29 is 24.3 Å². The molecule has 7 nitrogen and oxygen atoms in total. The Labute approximate surface area is 199 Å². The molecule has 0 radical (unpaired) electrons. The molecule has 33 heavy (non-hydrogen) atoms. The lowest BCUT2D eigenvalue weighted by atomic mass is 9.90. The van der Waals surface area contributed by atoms with Crippen molar-refractivity contribution in [2.75, 3.05) is 12.2 Å². The van der Waals surface area contributed by atoms with E-state index in [1.54, 1.807) is 17.2 Å². The summed E-state index contributed by atoms with van der Waals surface area (Å²) >= 11 is 3.37. The Morgan fingerprint density at radius 3 is 2.33 bits per heavy atom. The highest BCUT2D eigenvalue weighted by Gasteiger charge is 2.59. The lowest BCUT2D eigenvalue weighted by molar-refractivity contribution is -0.143. The number of ether oxygens (including phenoxy) is 1. The number of likely N-dealkylation sites (tertiary alicyclic amines) is 1.